The van der Waals surface area contributed by atoms with Crippen LogP contribution in [0.1, 0.15) is 5.56 Å². The van der Waals surface area contributed by atoms with Gasteiger partial charge in [-0.3, -0.25) is 4.84 Å². The monoisotopic (exact) mass is 311 g/mol. The topological polar surface area (TPSA) is 21.3 Å². The normalized spacial score (nSPS) is 10.0. The molecule has 17 heavy (non-hydrogen) atoms. The second kappa shape index (κ2) is 5.94. The Hall–Kier alpha value is -1.19. The zero-order chi connectivity index (χ0) is 12.1. The van der Waals surface area contributed by atoms with Gasteiger partial charge in [0.05, 0.1) is 5.69 Å². The Balaban J connectivity index is 2.10. The number of ether oxygens (including phenoxy) is 1. The van der Waals surface area contributed by atoms with E-state index < -0.39 is 0 Å². The average molecular weight is 313 g/mol. The molecule has 0 spiro atoms. The fourth-order valence-corrected chi connectivity index (χ4v) is 2.00. The summed E-state index contributed by atoms with van der Waals surface area (Å²) in [4.78, 5) is 2.58. The van der Waals surface area contributed by atoms with Crippen LogP contribution in [-0.2, 0) is 6.61 Å². The van der Waals surface area contributed by atoms with E-state index in [1.807, 2.05) is 48.5 Å². The largest absolute Gasteiger partial charge is 0.487 e. The lowest BCUT2D eigenvalue weighted by Gasteiger charge is -2.10. The Morgan fingerprint density at radius 1 is 1.06 bits per heavy atom. The molecule has 0 bridgehead atoms. The molecule has 4 heteroatoms. The summed E-state index contributed by atoms with van der Waals surface area (Å²) in [5.41, 5.74) is 1.86. The third-order valence-corrected chi connectivity index (χ3v) is 3.31. The molecular weight excluding hydrogens is 302 g/mol. The van der Waals surface area contributed by atoms with Crippen LogP contribution in [0.2, 0.25) is 0 Å². The van der Waals surface area contributed by atoms with E-state index in [1.165, 1.54) is 0 Å². The van der Waals surface area contributed by atoms with E-state index in [9.17, 15) is 0 Å². The van der Waals surface area contributed by atoms with Gasteiger partial charge < -0.3 is 4.74 Å². The number of rotatable bonds is 4. The van der Waals surface area contributed by atoms with Gasteiger partial charge in [0.1, 0.15) is 12.4 Å². The second-order valence-corrected chi connectivity index (χ2v) is 4.51. The fourth-order valence-electron chi connectivity index (χ4n) is 1.44. The molecule has 2 rings (SSSR count). The van der Waals surface area contributed by atoms with Crippen LogP contribution < -0.4 is 9.57 Å². The van der Waals surface area contributed by atoms with Crippen LogP contribution in [0.25, 0.3) is 0 Å². The summed E-state index contributed by atoms with van der Waals surface area (Å²) in [6.45, 7) is 0.497. The molecule has 0 aliphatic rings. The smallest absolute Gasteiger partial charge is 0.144 e. The molecule has 2 aromatic rings. The van der Waals surface area contributed by atoms with Gasteiger partial charge in [0, 0.05) is 21.8 Å². The van der Waals surface area contributed by atoms with Gasteiger partial charge in [-0.25, -0.2) is 0 Å². The zero-order valence-corrected chi connectivity index (χ0v) is 11.3. The predicted molar refractivity (Wildman–Crippen MR) is 74.4 cm³/mol. The highest BCUT2D eigenvalue weighted by atomic mass is 79.9. The molecule has 2 nitrogen and oxygen atoms in total. The minimum atomic E-state index is 0.497. The van der Waals surface area contributed by atoms with E-state index in [1.54, 1.807) is 0 Å². The first kappa shape index (κ1) is 12.3. The van der Waals surface area contributed by atoms with Crippen molar-refractivity contribution in [2.24, 2.45) is 0 Å². The molecule has 2 aromatic carbocycles. The van der Waals surface area contributed by atoms with Crippen molar-refractivity contribution in [3.8, 4) is 5.75 Å². The summed E-state index contributed by atoms with van der Waals surface area (Å²) >= 11 is 9.09. The number of benzene rings is 2. The maximum absolute atomic E-state index is 5.72. The van der Waals surface area contributed by atoms with Crippen molar-refractivity contribution in [3.05, 3.63) is 58.6 Å². The van der Waals surface area contributed by atoms with Crippen molar-refractivity contribution in [2.75, 3.05) is 4.84 Å². The van der Waals surface area contributed by atoms with E-state index in [0.717, 1.165) is 21.5 Å². The minimum Gasteiger partial charge on any atom is -0.487 e. The van der Waals surface area contributed by atoms with Gasteiger partial charge in [-0.1, -0.05) is 46.3 Å². The summed E-state index contributed by atoms with van der Waals surface area (Å²) in [6, 6.07) is 15.5. The number of halogens is 2. The number of nitrogens with one attached hydrogen (secondary N) is 1. The third-order valence-electron chi connectivity index (χ3n) is 2.33. The van der Waals surface area contributed by atoms with Gasteiger partial charge in [0.25, 0.3) is 0 Å². The molecule has 0 aliphatic carbocycles. The molecule has 88 valence electrons. The van der Waals surface area contributed by atoms with Crippen LogP contribution in [0.3, 0.4) is 0 Å². The van der Waals surface area contributed by atoms with Gasteiger partial charge >= 0.3 is 0 Å². The minimum absolute atomic E-state index is 0.497. The molecule has 1 N–H and O–H groups in total. The third kappa shape index (κ3) is 3.14. The summed E-state index contributed by atoms with van der Waals surface area (Å²) in [6.07, 6.45) is 0. The first-order chi connectivity index (χ1) is 8.31. The van der Waals surface area contributed by atoms with E-state index in [4.69, 9.17) is 16.5 Å². The standard InChI is InChI=1S/C13H11BrClNO/c14-11-6-2-1-5-10(11)9-17-13-8-4-3-7-12(13)16-15/h1-8,16H,9H2. The first-order valence-corrected chi connectivity index (χ1v) is 6.30. The predicted octanol–water partition coefficient (Wildman–Crippen LogP) is 4.59. The van der Waals surface area contributed by atoms with Gasteiger partial charge in [-0.2, -0.15) is 0 Å². The van der Waals surface area contributed by atoms with Crippen molar-refractivity contribution >= 4 is 33.4 Å². The van der Waals surface area contributed by atoms with E-state index in [2.05, 4.69) is 20.8 Å². The quantitative estimate of drug-likeness (QED) is 0.834. The van der Waals surface area contributed by atoms with Crippen LogP contribution in [-0.4, -0.2) is 0 Å². The lowest BCUT2D eigenvalue weighted by molar-refractivity contribution is 0.307. The molecule has 0 aliphatic heterocycles. The fraction of sp³-hybridized carbons (Fsp3) is 0.0769. The zero-order valence-electron chi connectivity index (χ0n) is 8.99. The van der Waals surface area contributed by atoms with Crippen molar-refractivity contribution in [3.63, 3.8) is 0 Å². The van der Waals surface area contributed by atoms with E-state index >= 15 is 0 Å². The summed E-state index contributed by atoms with van der Waals surface area (Å²) in [5.74, 6) is 0.734. The van der Waals surface area contributed by atoms with Gasteiger partial charge in [0.2, 0.25) is 0 Å². The number of anilines is 1. The highest BCUT2D eigenvalue weighted by Crippen LogP contribution is 2.26. The summed E-state index contributed by atoms with van der Waals surface area (Å²) in [5, 5.41) is 0. The van der Waals surface area contributed by atoms with Crippen molar-refractivity contribution in [1.82, 2.24) is 0 Å². The van der Waals surface area contributed by atoms with Crippen LogP contribution in [0.15, 0.2) is 53.0 Å². The highest BCUT2D eigenvalue weighted by Gasteiger charge is 2.03. The van der Waals surface area contributed by atoms with E-state index in [0.29, 0.717) is 6.61 Å². The Labute approximate surface area is 114 Å². The lowest BCUT2D eigenvalue weighted by Crippen LogP contribution is -1.98. The lowest BCUT2D eigenvalue weighted by atomic mass is 10.2. The molecule has 0 atom stereocenters. The molecule has 0 saturated heterocycles. The van der Waals surface area contributed by atoms with Crippen LogP contribution in [0.5, 0.6) is 5.75 Å². The van der Waals surface area contributed by atoms with Crippen molar-refractivity contribution < 1.29 is 4.74 Å². The Kier molecular flexibility index (Phi) is 4.29. The molecule has 0 aromatic heterocycles. The molecular formula is C13H11BrClNO. The number of para-hydroxylation sites is 2. The van der Waals surface area contributed by atoms with Gasteiger partial charge in [-0.15, -0.1) is 0 Å². The Morgan fingerprint density at radius 3 is 2.53 bits per heavy atom. The van der Waals surface area contributed by atoms with Crippen molar-refractivity contribution in [2.45, 2.75) is 6.61 Å². The highest BCUT2D eigenvalue weighted by molar-refractivity contribution is 9.10. The van der Waals surface area contributed by atoms with Gasteiger partial charge in [0.15, 0.2) is 0 Å². The maximum atomic E-state index is 5.72. The molecule has 0 heterocycles. The van der Waals surface area contributed by atoms with Crippen LogP contribution >= 0.6 is 27.7 Å². The van der Waals surface area contributed by atoms with E-state index in [-0.39, 0.29) is 0 Å². The Morgan fingerprint density at radius 2 is 1.76 bits per heavy atom. The SMILES string of the molecule is ClNc1ccccc1OCc1ccccc1Br. The summed E-state index contributed by atoms with van der Waals surface area (Å²) < 4.78 is 6.76. The van der Waals surface area contributed by atoms with Gasteiger partial charge in [-0.05, 0) is 18.2 Å². The number of hydrogen-bond acceptors (Lipinski definition) is 2. The summed E-state index contributed by atoms with van der Waals surface area (Å²) in [7, 11) is 0. The second-order valence-electron chi connectivity index (χ2n) is 3.47. The molecule has 0 amide bonds. The van der Waals surface area contributed by atoms with Crippen molar-refractivity contribution in [1.29, 1.82) is 0 Å². The average Bonchev–Trinajstić information content (AvgIpc) is 2.38. The molecule has 0 fully saturated rings. The molecule has 0 radical (unpaired) electrons. The molecule has 0 unspecified atom stereocenters. The van der Waals surface area contributed by atoms with Crippen LogP contribution in [0, 0.1) is 0 Å². The maximum Gasteiger partial charge on any atom is 0.144 e. The van der Waals surface area contributed by atoms with Crippen LogP contribution in [0.4, 0.5) is 5.69 Å². The molecule has 0 saturated carbocycles. The number of hydrogen-bond donors (Lipinski definition) is 1. The first-order valence-electron chi connectivity index (χ1n) is 5.13. The Bertz CT molecular complexity index is 504.